The molecule has 0 fully saturated rings. The molecule has 0 bridgehead atoms. The predicted molar refractivity (Wildman–Crippen MR) is 73.5 cm³/mol. The molecule has 20 heavy (non-hydrogen) atoms. The Morgan fingerprint density at radius 2 is 2.30 bits per heavy atom. The normalized spacial score (nSPS) is 10.9. The van der Waals surface area contributed by atoms with Crippen LogP contribution >= 0.6 is 11.8 Å². The van der Waals surface area contributed by atoms with Gasteiger partial charge in [0.1, 0.15) is 11.4 Å². The minimum absolute atomic E-state index is 0.101. The molecule has 0 spiro atoms. The number of unbranched alkanes of at least 4 members (excludes halogenated alkanes) is 1. The lowest BCUT2D eigenvalue weighted by molar-refractivity contribution is -0.133. The van der Waals surface area contributed by atoms with E-state index in [0.717, 1.165) is 42.5 Å². The van der Waals surface area contributed by atoms with Gasteiger partial charge in [-0.3, -0.25) is 9.48 Å². The summed E-state index contributed by atoms with van der Waals surface area (Å²) in [5.41, 5.74) is 1.65. The zero-order valence-electron chi connectivity index (χ0n) is 11.4. The number of hydrogen-bond donors (Lipinski definition) is 1. The average Bonchev–Trinajstić information content (AvgIpc) is 3.00. The third-order valence-corrected chi connectivity index (χ3v) is 3.37. The Hall–Kier alpha value is -1.83. The van der Waals surface area contributed by atoms with E-state index in [0.29, 0.717) is 5.89 Å². The fourth-order valence-electron chi connectivity index (χ4n) is 1.69. The van der Waals surface area contributed by atoms with E-state index in [2.05, 4.69) is 22.2 Å². The van der Waals surface area contributed by atoms with E-state index in [1.54, 1.807) is 0 Å². The van der Waals surface area contributed by atoms with Crippen LogP contribution in [0.5, 0.6) is 0 Å². The van der Waals surface area contributed by atoms with Crippen molar-refractivity contribution in [1.82, 2.24) is 20.0 Å². The van der Waals surface area contributed by atoms with Crippen LogP contribution in [0.1, 0.15) is 25.5 Å². The van der Waals surface area contributed by atoms with E-state index in [9.17, 15) is 4.79 Å². The lowest BCUT2D eigenvalue weighted by atomic mass is 10.3. The van der Waals surface area contributed by atoms with Gasteiger partial charge in [-0.1, -0.05) is 25.1 Å². The smallest absolute Gasteiger partial charge is 0.314 e. The minimum Gasteiger partial charge on any atom is -0.481 e. The van der Waals surface area contributed by atoms with Crippen molar-refractivity contribution in [2.75, 3.05) is 5.75 Å². The van der Waals surface area contributed by atoms with Gasteiger partial charge in [-0.25, -0.2) is 0 Å². The maximum atomic E-state index is 10.5. The Balaban J connectivity index is 2.16. The van der Waals surface area contributed by atoms with Crippen LogP contribution in [-0.2, 0) is 11.3 Å². The van der Waals surface area contributed by atoms with Crippen molar-refractivity contribution in [3.63, 3.8) is 0 Å². The minimum atomic E-state index is -0.918. The summed E-state index contributed by atoms with van der Waals surface area (Å²) in [4.78, 5) is 10.5. The summed E-state index contributed by atoms with van der Waals surface area (Å²) in [6, 6.07) is 1.88. The molecule has 1 N–H and O–H groups in total. The Kier molecular flexibility index (Phi) is 4.78. The van der Waals surface area contributed by atoms with Crippen LogP contribution < -0.4 is 0 Å². The first-order valence-corrected chi connectivity index (χ1v) is 7.31. The molecule has 0 aromatic carbocycles. The summed E-state index contributed by atoms with van der Waals surface area (Å²) in [5.74, 6) is -0.649. The summed E-state index contributed by atoms with van der Waals surface area (Å²) in [7, 11) is 0. The maximum Gasteiger partial charge on any atom is 0.314 e. The Morgan fingerprint density at radius 3 is 3.00 bits per heavy atom. The van der Waals surface area contributed by atoms with E-state index < -0.39 is 5.97 Å². The van der Waals surface area contributed by atoms with Gasteiger partial charge < -0.3 is 9.52 Å². The quantitative estimate of drug-likeness (QED) is 0.783. The van der Waals surface area contributed by atoms with Gasteiger partial charge in [0.05, 0.1) is 5.69 Å². The average molecular weight is 296 g/mol. The summed E-state index contributed by atoms with van der Waals surface area (Å²) >= 11 is 1.01. The van der Waals surface area contributed by atoms with Crippen LogP contribution in [0.15, 0.2) is 15.7 Å². The van der Waals surface area contributed by atoms with Crippen molar-refractivity contribution in [3.8, 4) is 11.6 Å². The highest BCUT2D eigenvalue weighted by Gasteiger charge is 2.15. The number of aliphatic carboxylic acids is 1. The van der Waals surface area contributed by atoms with E-state index in [1.165, 1.54) is 0 Å². The standard InChI is InChI=1S/C12H16N4O3S/c1-3-4-5-16-9(6-8(2)15-16)11-13-14-12(19-11)20-7-10(17)18/h6H,3-5,7H2,1-2H3,(H,17,18). The van der Waals surface area contributed by atoms with Gasteiger partial charge in [0, 0.05) is 6.54 Å². The number of hydrogen-bond acceptors (Lipinski definition) is 6. The molecule has 0 saturated carbocycles. The second-order valence-electron chi connectivity index (χ2n) is 4.30. The number of carboxylic acid groups (broad SMARTS) is 1. The lowest BCUT2D eigenvalue weighted by Crippen LogP contribution is -2.02. The summed E-state index contributed by atoms with van der Waals surface area (Å²) in [6.07, 6.45) is 2.09. The van der Waals surface area contributed by atoms with Crippen LogP contribution in [-0.4, -0.2) is 36.8 Å². The Bertz CT molecular complexity index is 593. The monoisotopic (exact) mass is 296 g/mol. The molecule has 0 amide bonds. The van der Waals surface area contributed by atoms with Gasteiger partial charge in [0.25, 0.3) is 11.1 Å². The molecule has 0 atom stereocenters. The van der Waals surface area contributed by atoms with Crippen molar-refractivity contribution in [3.05, 3.63) is 11.8 Å². The van der Waals surface area contributed by atoms with E-state index in [4.69, 9.17) is 9.52 Å². The van der Waals surface area contributed by atoms with Crippen LogP contribution in [0.25, 0.3) is 11.6 Å². The fraction of sp³-hybridized carbons (Fsp3) is 0.500. The molecule has 2 heterocycles. The van der Waals surface area contributed by atoms with Gasteiger partial charge in [-0.15, -0.1) is 10.2 Å². The SMILES string of the molecule is CCCCn1nc(C)cc1-c1nnc(SCC(=O)O)o1. The van der Waals surface area contributed by atoms with Gasteiger partial charge in [-0.2, -0.15) is 5.10 Å². The van der Waals surface area contributed by atoms with E-state index >= 15 is 0 Å². The molecule has 0 aliphatic heterocycles. The zero-order chi connectivity index (χ0) is 14.5. The van der Waals surface area contributed by atoms with Crippen molar-refractivity contribution in [2.24, 2.45) is 0 Å². The number of carboxylic acids is 1. The molecule has 0 aliphatic carbocycles. The highest BCUT2D eigenvalue weighted by molar-refractivity contribution is 7.99. The molecule has 108 valence electrons. The zero-order valence-corrected chi connectivity index (χ0v) is 12.2. The second kappa shape index (κ2) is 6.56. The van der Waals surface area contributed by atoms with Crippen LogP contribution in [0.2, 0.25) is 0 Å². The number of aryl methyl sites for hydroxylation is 2. The van der Waals surface area contributed by atoms with Crippen molar-refractivity contribution < 1.29 is 14.3 Å². The number of thioether (sulfide) groups is 1. The maximum absolute atomic E-state index is 10.5. The molecule has 0 unspecified atom stereocenters. The second-order valence-corrected chi connectivity index (χ2v) is 5.23. The first-order chi connectivity index (χ1) is 9.60. The number of rotatable bonds is 7. The highest BCUT2D eigenvalue weighted by Crippen LogP contribution is 2.24. The van der Waals surface area contributed by atoms with Gasteiger partial charge in [0.2, 0.25) is 0 Å². The number of carbonyl (C=O) groups is 1. The fourth-order valence-corrected chi connectivity index (χ4v) is 2.17. The van der Waals surface area contributed by atoms with Crippen LogP contribution in [0.3, 0.4) is 0 Å². The molecule has 2 aromatic rings. The summed E-state index contributed by atoms with van der Waals surface area (Å²) in [5, 5.41) is 21.1. The van der Waals surface area contributed by atoms with Crippen molar-refractivity contribution >= 4 is 17.7 Å². The summed E-state index contributed by atoms with van der Waals surface area (Å²) in [6.45, 7) is 4.81. The van der Waals surface area contributed by atoms with Crippen LogP contribution in [0.4, 0.5) is 0 Å². The Labute approximate surface area is 120 Å². The van der Waals surface area contributed by atoms with Crippen molar-refractivity contribution in [1.29, 1.82) is 0 Å². The first-order valence-electron chi connectivity index (χ1n) is 6.33. The van der Waals surface area contributed by atoms with E-state index in [1.807, 2.05) is 17.7 Å². The van der Waals surface area contributed by atoms with Gasteiger partial charge in [0.15, 0.2) is 0 Å². The molecule has 0 saturated heterocycles. The van der Waals surface area contributed by atoms with E-state index in [-0.39, 0.29) is 11.0 Å². The van der Waals surface area contributed by atoms with Crippen molar-refractivity contribution in [2.45, 2.75) is 38.5 Å². The predicted octanol–water partition coefficient (Wildman–Crippen LogP) is 2.22. The molecule has 2 aromatic heterocycles. The highest BCUT2D eigenvalue weighted by atomic mass is 32.2. The molecule has 0 radical (unpaired) electrons. The topological polar surface area (TPSA) is 94.0 Å². The molecule has 2 rings (SSSR count). The third-order valence-electron chi connectivity index (χ3n) is 2.57. The van der Waals surface area contributed by atoms with Gasteiger partial charge >= 0.3 is 5.97 Å². The summed E-state index contributed by atoms with van der Waals surface area (Å²) < 4.78 is 7.32. The molecular weight excluding hydrogens is 280 g/mol. The molecule has 7 nitrogen and oxygen atoms in total. The molecular formula is C12H16N4O3S. The van der Waals surface area contributed by atoms with Crippen LogP contribution in [0, 0.1) is 6.92 Å². The third kappa shape index (κ3) is 3.60. The lowest BCUT2D eigenvalue weighted by Gasteiger charge is -2.02. The first kappa shape index (κ1) is 14.6. The molecule has 8 heteroatoms. The number of nitrogens with zero attached hydrogens (tertiary/aromatic N) is 4. The molecule has 0 aliphatic rings. The van der Waals surface area contributed by atoms with Gasteiger partial charge in [-0.05, 0) is 19.4 Å². The number of aromatic nitrogens is 4. The largest absolute Gasteiger partial charge is 0.481 e. The Morgan fingerprint density at radius 1 is 1.50 bits per heavy atom.